The van der Waals surface area contributed by atoms with Crippen molar-refractivity contribution in [3.05, 3.63) is 35.6 Å². The molecule has 0 aromatic heterocycles. The number of halogens is 1. The molecule has 1 aliphatic heterocycles. The number of amides is 2. The largest absolute Gasteiger partial charge is 0.339 e. The molecule has 0 atom stereocenters. The second kappa shape index (κ2) is 8.83. The van der Waals surface area contributed by atoms with Crippen molar-refractivity contribution in [2.24, 2.45) is 11.1 Å². The van der Waals surface area contributed by atoms with Crippen molar-refractivity contribution < 1.29 is 14.0 Å². The number of nitrogens with two attached hydrogens (primary N) is 1. The van der Waals surface area contributed by atoms with Gasteiger partial charge in [-0.25, -0.2) is 4.39 Å². The van der Waals surface area contributed by atoms with Crippen LogP contribution in [-0.2, 0) is 16.0 Å². The second-order valence-electron chi connectivity index (χ2n) is 7.97. The fourth-order valence-corrected chi connectivity index (χ4v) is 4.31. The lowest BCUT2D eigenvalue weighted by molar-refractivity contribution is -0.141. The Morgan fingerprint density at radius 3 is 2.15 bits per heavy atom. The van der Waals surface area contributed by atoms with Gasteiger partial charge in [0, 0.05) is 32.6 Å². The Labute approximate surface area is 160 Å². The van der Waals surface area contributed by atoms with E-state index < -0.39 is 0 Å². The molecule has 27 heavy (non-hydrogen) atoms. The molecule has 1 aliphatic carbocycles. The number of hydrogen-bond acceptors (Lipinski definition) is 3. The zero-order valence-corrected chi connectivity index (χ0v) is 16.0. The van der Waals surface area contributed by atoms with E-state index in [4.69, 9.17) is 5.73 Å². The van der Waals surface area contributed by atoms with Gasteiger partial charge in [0.15, 0.2) is 0 Å². The van der Waals surface area contributed by atoms with E-state index in [-0.39, 0.29) is 29.5 Å². The molecule has 2 N–H and O–H groups in total. The summed E-state index contributed by atoms with van der Waals surface area (Å²) in [6.45, 7) is 2.67. The summed E-state index contributed by atoms with van der Waals surface area (Å²) < 4.78 is 13.7. The molecular formula is C21H30FN3O2. The van der Waals surface area contributed by atoms with Gasteiger partial charge in [-0.15, -0.1) is 0 Å². The van der Waals surface area contributed by atoms with Gasteiger partial charge in [0.1, 0.15) is 5.82 Å². The Morgan fingerprint density at radius 2 is 1.56 bits per heavy atom. The van der Waals surface area contributed by atoms with Crippen molar-refractivity contribution in [1.82, 2.24) is 9.80 Å². The minimum Gasteiger partial charge on any atom is -0.339 e. The highest BCUT2D eigenvalue weighted by Crippen LogP contribution is 2.38. The molecule has 0 unspecified atom stereocenters. The standard InChI is InChI=1S/C21H30FN3O2/c22-18-7-3-2-6-17(18)14-19(26)24-10-12-25(13-11-24)20(27)15-21(16-23)8-4-1-5-9-21/h2-3,6-7H,1,4-5,8-16,23H2. The van der Waals surface area contributed by atoms with Crippen molar-refractivity contribution in [3.8, 4) is 0 Å². The van der Waals surface area contributed by atoms with Crippen LogP contribution in [0.2, 0.25) is 0 Å². The summed E-state index contributed by atoms with van der Waals surface area (Å²) in [6.07, 6.45) is 6.21. The first-order chi connectivity index (χ1) is 13.0. The fraction of sp³-hybridized carbons (Fsp3) is 0.619. The smallest absolute Gasteiger partial charge is 0.227 e. The predicted octanol–water partition coefficient (Wildman–Crippen LogP) is 2.34. The summed E-state index contributed by atoms with van der Waals surface area (Å²) in [5.41, 5.74) is 6.39. The molecule has 0 bridgehead atoms. The van der Waals surface area contributed by atoms with Crippen LogP contribution in [0.3, 0.4) is 0 Å². The Bertz CT molecular complexity index is 665. The van der Waals surface area contributed by atoms with E-state index in [1.54, 1.807) is 23.1 Å². The lowest BCUT2D eigenvalue weighted by Crippen LogP contribution is -2.52. The molecule has 1 saturated heterocycles. The van der Waals surface area contributed by atoms with Crippen LogP contribution in [0.4, 0.5) is 4.39 Å². The van der Waals surface area contributed by atoms with Crippen LogP contribution < -0.4 is 5.73 Å². The first-order valence-corrected chi connectivity index (χ1v) is 10.0. The zero-order valence-electron chi connectivity index (χ0n) is 16.0. The lowest BCUT2D eigenvalue weighted by atomic mass is 9.71. The molecule has 2 fully saturated rings. The summed E-state index contributed by atoms with van der Waals surface area (Å²) in [4.78, 5) is 28.8. The maximum absolute atomic E-state index is 13.7. The highest BCUT2D eigenvalue weighted by molar-refractivity contribution is 5.80. The maximum Gasteiger partial charge on any atom is 0.227 e. The van der Waals surface area contributed by atoms with Crippen molar-refractivity contribution >= 4 is 11.8 Å². The molecule has 1 saturated carbocycles. The van der Waals surface area contributed by atoms with Crippen LogP contribution in [-0.4, -0.2) is 54.3 Å². The second-order valence-corrected chi connectivity index (χ2v) is 7.97. The molecule has 1 heterocycles. The van der Waals surface area contributed by atoms with E-state index in [1.165, 1.54) is 12.5 Å². The first kappa shape index (κ1) is 19.8. The van der Waals surface area contributed by atoms with Crippen LogP contribution in [0.15, 0.2) is 24.3 Å². The minimum atomic E-state index is -0.348. The summed E-state index contributed by atoms with van der Waals surface area (Å²) >= 11 is 0. The van der Waals surface area contributed by atoms with Crippen molar-refractivity contribution in [2.75, 3.05) is 32.7 Å². The molecule has 2 amide bonds. The molecule has 0 radical (unpaired) electrons. The topological polar surface area (TPSA) is 66.6 Å². The molecule has 3 rings (SSSR count). The minimum absolute atomic E-state index is 0.0346. The van der Waals surface area contributed by atoms with Gasteiger partial charge in [-0.1, -0.05) is 37.5 Å². The van der Waals surface area contributed by atoms with Crippen LogP contribution in [0.25, 0.3) is 0 Å². The molecular weight excluding hydrogens is 345 g/mol. The third-order valence-corrected chi connectivity index (χ3v) is 6.16. The Morgan fingerprint density at radius 1 is 0.963 bits per heavy atom. The highest BCUT2D eigenvalue weighted by Gasteiger charge is 2.35. The third-order valence-electron chi connectivity index (χ3n) is 6.16. The quantitative estimate of drug-likeness (QED) is 0.859. The average molecular weight is 375 g/mol. The highest BCUT2D eigenvalue weighted by atomic mass is 19.1. The van der Waals surface area contributed by atoms with Gasteiger partial charge in [0.25, 0.3) is 0 Å². The van der Waals surface area contributed by atoms with E-state index in [0.717, 1.165) is 25.7 Å². The van der Waals surface area contributed by atoms with Gasteiger partial charge in [0.2, 0.25) is 11.8 Å². The van der Waals surface area contributed by atoms with Crippen LogP contribution in [0.1, 0.15) is 44.1 Å². The third kappa shape index (κ3) is 4.86. The number of carbonyl (C=O) groups is 2. The van der Waals surface area contributed by atoms with Crippen molar-refractivity contribution in [2.45, 2.75) is 44.9 Å². The summed E-state index contributed by atoms with van der Waals surface area (Å²) in [5.74, 6) is -0.277. The van der Waals surface area contributed by atoms with Gasteiger partial charge in [0.05, 0.1) is 6.42 Å². The number of rotatable bonds is 5. The van der Waals surface area contributed by atoms with E-state index in [1.807, 2.05) is 4.90 Å². The number of piperazine rings is 1. The Kier molecular flexibility index (Phi) is 6.47. The average Bonchev–Trinajstić information content (AvgIpc) is 2.70. The maximum atomic E-state index is 13.7. The monoisotopic (exact) mass is 375 g/mol. The Balaban J connectivity index is 1.50. The number of nitrogens with zero attached hydrogens (tertiary/aromatic N) is 2. The van der Waals surface area contributed by atoms with E-state index in [0.29, 0.717) is 44.7 Å². The van der Waals surface area contributed by atoms with Gasteiger partial charge in [-0.05, 0) is 36.4 Å². The van der Waals surface area contributed by atoms with Gasteiger partial charge >= 0.3 is 0 Å². The molecule has 1 aromatic rings. The number of carbonyl (C=O) groups excluding carboxylic acids is 2. The summed E-state index contributed by atoms with van der Waals surface area (Å²) in [6, 6.07) is 6.37. The predicted molar refractivity (Wildman–Crippen MR) is 102 cm³/mol. The summed E-state index contributed by atoms with van der Waals surface area (Å²) in [5, 5.41) is 0. The van der Waals surface area contributed by atoms with E-state index in [9.17, 15) is 14.0 Å². The van der Waals surface area contributed by atoms with Crippen molar-refractivity contribution in [3.63, 3.8) is 0 Å². The van der Waals surface area contributed by atoms with Gasteiger partial charge in [-0.2, -0.15) is 0 Å². The fourth-order valence-electron chi connectivity index (χ4n) is 4.31. The van der Waals surface area contributed by atoms with Crippen LogP contribution >= 0.6 is 0 Å². The molecule has 6 heteroatoms. The zero-order chi connectivity index (χ0) is 19.3. The normalized spacial score (nSPS) is 19.8. The first-order valence-electron chi connectivity index (χ1n) is 10.0. The summed E-state index contributed by atoms with van der Waals surface area (Å²) in [7, 11) is 0. The molecule has 148 valence electrons. The van der Waals surface area contributed by atoms with E-state index in [2.05, 4.69) is 0 Å². The number of benzene rings is 1. The molecule has 5 nitrogen and oxygen atoms in total. The SMILES string of the molecule is NCC1(CC(=O)N2CCN(C(=O)Cc3ccccc3F)CC2)CCCCC1. The van der Waals surface area contributed by atoms with Gasteiger partial charge < -0.3 is 15.5 Å². The van der Waals surface area contributed by atoms with Crippen LogP contribution in [0.5, 0.6) is 0 Å². The van der Waals surface area contributed by atoms with Crippen molar-refractivity contribution in [1.29, 1.82) is 0 Å². The lowest BCUT2D eigenvalue weighted by Gasteiger charge is -2.39. The van der Waals surface area contributed by atoms with Crippen LogP contribution in [0, 0.1) is 11.2 Å². The molecule has 2 aliphatic rings. The Hall–Kier alpha value is -1.95. The van der Waals surface area contributed by atoms with Gasteiger partial charge in [-0.3, -0.25) is 9.59 Å². The number of hydrogen-bond donors (Lipinski definition) is 1. The molecule has 0 spiro atoms. The van der Waals surface area contributed by atoms with E-state index >= 15 is 0 Å². The molecule has 1 aromatic carbocycles.